The van der Waals surface area contributed by atoms with Gasteiger partial charge in [-0.2, -0.15) is 0 Å². The molecule has 60 valence electrons. The van der Waals surface area contributed by atoms with Crippen molar-refractivity contribution in [1.29, 1.82) is 0 Å². The summed E-state index contributed by atoms with van der Waals surface area (Å²) in [6.45, 7) is 3.89. The van der Waals surface area contributed by atoms with Crippen molar-refractivity contribution in [3.63, 3.8) is 0 Å². The monoisotopic (exact) mass is 154 g/mol. The molecule has 0 saturated carbocycles. The molecule has 0 bridgehead atoms. The molecule has 0 aliphatic carbocycles. The summed E-state index contributed by atoms with van der Waals surface area (Å²) in [5, 5.41) is 0. The van der Waals surface area contributed by atoms with Crippen molar-refractivity contribution >= 4 is 5.97 Å². The molecular weight excluding hydrogens is 144 g/mol. The van der Waals surface area contributed by atoms with Crippen LogP contribution in [0.25, 0.3) is 0 Å². The van der Waals surface area contributed by atoms with Gasteiger partial charge in [0.15, 0.2) is 0 Å². The Labute approximate surface area is 65.0 Å². The zero-order chi connectivity index (χ0) is 8.27. The van der Waals surface area contributed by atoms with Crippen LogP contribution < -0.4 is 0 Å². The lowest BCUT2D eigenvalue weighted by atomic mass is 10.3. The molecule has 0 aromatic carbocycles. The smallest absolute Gasteiger partial charge is 0.341 e. The molecule has 0 amide bonds. The molecule has 1 aromatic rings. The number of hydrogen-bond acceptors (Lipinski definition) is 3. The van der Waals surface area contributed by atoms with Crippen LogP contribution in [-0.4, -0.2) is 12.6 Å². The second kappa shape index (κ2) is 3.23. The third-order valence-corrected chi connectivity index (χ3v) is 1.35. The van der Waals surface area contributed by atoms with E-state index in [1.54, 1.807) is 19.9 Å². The summed E-state index contributed by atoms with van der Waals surface area (Å²) in [5.41, 5.74) is 0.506. The number of rotatable bonds is 2. The number of ether oxygens (including phenoxy) is 1. The lowest BCUT2D eigenvalue weighted by molar-refractivity contribution is 0.0524. The van der Waals surface area contributed by atoms with Crippen molar-refractivity contribution < 1.29 is 13.9 Å². The molecule has 11 heavy (non-hydrogen) atoms. The van der Waals surface area contributed by atoms with Crippen LogP contribution in [0.15, 0.2) is 16.7 Å². The van der Waals surface area contributed by atoms with Crippen LogP contribution >= 0.6 is 0 Å². The molecule has 1 rings (SSSR count). The first-order valence-corrected chi connectivity index (χ1v) is 3.47. The highest BCUT2D eigenvalue weighted by Gasteiger charge is 2.10. The van der Waals surface area contributed by atoms with E-state index in [0.717, 1.165) is 0 Å². The molecule has 0 unspecified atom stereocenters. The van der Waals surface area contributed by atoms with Crippen LogP contribution in [-0.2, 0) is 4.74 Å². The van der Waals surface area contributed by atoms with Gasteiger partial charge in [-0.15, -0.1) is 0 Å². The molecule has 0 aliphatic heterocycles. The number of hydrogen-bond donors (Lipinski definition) is 0. The van der Waals surface area contributed by atoms with E-state index in [-0.39, 0.29) is 5.97 Å². The van der Waals surface area contributed by atoms with Crippen LogP contribution in [0.5, 0.6) is 0 Å². The standard InChI is InChI=1S/C8H10O3/c1-3-10-8(9)7-4-5-11-6(7)2/h4-5H,3H2,1-2H3. The van der Waals surface area contributed by atoms with Gasteiger partial charge in [0.25, 0.3) is 0 Å². The van der Waals surface area contributed by atoms with E-state index in [9.17, 15) is 4.79 Å². The fraction of sp³-hybridized carbons (Fsp3) is 0.375. The average Bonchev–Trinajstić information content (AvgIpc) is 2.36. The number of carbonyl (C=O) groups is 1. The topological polar surface area (TPSA) is 39.4 Å². The molecule has 0 N–H and O–H groups in total. The predicted molar refractivity (Wildman–Crippen MR) is 39.4 cm³/mol. The summed E-state index contributed by atoms with van der Waals surface area (Å²) < 4.78 is 9.70. The molecule has 1 aromatic heterocycles. The number of aryl methyl sites for hydroxylation is 1. The van der Waals surface area contributed by atoms with E-state index in [1.165, 1.54) is 6.26 Å². The molecule has 0 fully saturated rings. The summed E-state index contributed by atoms with van der Waals surface area (Å²) in [7, 11) is 0. The zero-order valence-corrected chi connectivity index (χ0v) is 6.59. The highest BCUT2D eigenvalue weighted by Crippen LogP contribution is 2.09. The Kier molecular flexibility index (Phi) is 2.31. The van der Waals surface area contributed by atoms with Crippen molar-refractivity contribution in [2.75, 3.05) is 6.61 Å². The lowest BCUT2D eigenvalue weighted by Crippen LogP contribution is -2.04. The van der Waals surface area contributed by atoms with Gasteiger partial charge < -0.3 is 9.15 Å². The van der Waals surface area contributed by atoms with E-state index >= 15 is 0 Å². The Hall–Kier alpha value is -1.25. The van der Waals surface area contributed by atoms with Crippen LogP contribution in [0.2, 0.25) is 0 Å². The Morgan fingerprint density at radius 2 is 2.45 bits per heavy atom. The van der Waals surface area contributed by atoms with Crippen molar-refractivity contribution in [1.82, 2.24) is 0 Å². The maximum absolute atomic E-state index is 11.0. The van der Waals surface area contributed by atoms with E-state index < -0.39 is 0 Å². The van der Waals surface area contributed by atoms with Gasteiger partial charge in [0, 0.05) is 0 Å². The van der Waals surface area contributed by atoms with Crippen molar-refractivity contribution in [3.05, 3.63) is 23.7 Å². The SMILES string of the molecule is CCOC(=O)c1ccoc1C. The molecule has 1 heterocycles. The van der Waals surface area contributed by atoms with Crippen LogP contribution in [0.4, 0.5) is 0 Å². The molecular formula is C8H10O3. The van der Waals surface area contributed by atoms with Crippen LogP contribution in [0.3, 0.4) is 0 Å². The summed E-state index contributed by atoms with van der Waals surface area (Å²) in [6, 6.07) is 1.60. The third kappa shape index (κ3) is 1.61. The summed E-state index contributed by atoms with van der Waals surface area (Å²) in [4.78, 5) is 11.0. The second-order valence-corrected chi connectivity index (χ2v) is 2.11. The summed E-state index contributed by atoms with van der Waals surface area (Å²) >= 11 is 0. The molecule has 0 spiro atoms. The third-order valence-electron chi connectivity index (χ3n) is 1.35. The van der Waals surface area contributed by atoms with Gasteiger partial charge in [-0.05, 0) is 19.9 Å². The molecule has 0 atom stereocenters. The Morgan fingerprint density at radius 1 is 1.73 bits per heavy atom. The van der Waals surface area contributed by atoms with Crippen molar-refractivity contribution in [2.45, 2.75) is 13.8 Å². The summed E-state index contributed by atoms with van der Waals surface area (Å²) in [5.74, 6) is 0.280. The molecule has 3 nitrogen and oxygen atoms in total. The molecule has 0 saturated heterocycles. The van der Waals surface area contributed by atoms with Gasteiger partial charge in [0.1, 0.15) is 11.3 Å². The van der Waals surface area contributed by atoms with Gasteiger partial charge in [0.2, 0.25) is 0 Å². The second-order valence-electron chi connectivity index (χ2n) is 2.11. The van der Waals surface area contributed by atoms with Crippen LogP contribution in [0, 0.1) is 6.92 Å². The maximum atomic E-state index is 11.0. The Bertz CT molecular complexity index is 250. The quantitative estimate of drug-likeness (QED) is 0.609. The maximum Gasteiger partial charge on any atom is 0.341 e. The fourth-order valence-corrected chi connectivity index (χ4v) is 0.806. The highest BCUT2D eigenvalue weighted by atomic mass is 16.5. The number of furan rings is 1. The minimum atomic E-state index is -0.321. The molecule has 0 radical (unpaired) electrons. The average molecular weight is 154 g/mol. The lowest BCUT2D eigenvalue weighted by Gasteiger charge is -1.97. The van der Waals surface area contributed by atoms with Gasteiger partial charge in [-0.3, -0.25) is 0 Å². The van der Waals surface area contributed by atoms with Gasteiger partial charge in [0.05, 0.1) is 12.9 Å². The van der Waals surface area contributed by atoms with Crippen molar-refractivity contribution in [2.24, 2.45) is 0 Å². The largest absolute Gasteiger partial charge is 0.469 e. The first-order valence-electron chi connectivity index (χ1n) is 3.47. The predicted octanol–water partition coefficient (Wildman–Crippen LogP) is 1.76. The first kappa shape index (κ1) is 7.85. The molecule has 0 aliphatic rings. The van der Waals surface area contributed by atoms with E-state index in [0.29, 0.717) is 17.9 Å². The van der Waals surface area contributed by atoms with Gasteiger partial charge in [-0.25, -0.2) is 4.79 Å². The van der Waals surface area contributed by atoms with E-state index in [2.05, 4.69) is 0 Å². The highest BCUT2D eigenvalue weighted by molar-refractivity contribution is 5.90. The number of carbonyl (C=O) groups excluding carboxylic acids is 1. The van der Waals surface area contributed by atoms with Gasteiger partial charge in [-0.1, -0.05) is 0 Å². The minimum absolute atomic E-state index is 0.321. The first-order chi connectivity index (χ1) is 5.25. The fourth-order valence-electron chi connectivity index (χ4n) is 0.806. The summed E-state index contributed by atoms with van der Waals surface area (Å²) in [6.07, 6.45) is 1.47. The van der Waals surface area contributed by atoms with Gasteiger partial charge >= 0.3 is 5.97 Å². The Balaban J connectivity index is 2.76. The van der Waals surface area contributed by atoms with Crippen LogP contribution in [0.1, 0.15) is 23.0 Å². The normalized spacial score (nSPS) is 9.64. The zero-order valence-electron chi connectivity index (χ0n) is 6.59. The van der Waals surface area contributed by atoms with E-state index in [4.69, 9.17) is 9.15 Å². The number of esters is 1. The van der Waals surface area contributed by atoms with E-state index in [1.807, 2.05) is 0 Å². The minimum Gasteiger partial charge on any atom is -0.469 e. The molecule has 3 heteroatoms. The Morgan fingerprint density at radius 3 is 2.91 bits per heavy atom. The van der Waals surface area contributed by atoms with Crippen molar-refractivity contribution in [3.8, 4) is 0 Å².